The highest BCUT2D eigenvalue weighted by Crippen LogP contribution is 2.08. The normalized spacial score (nSPS) is 11.0. The van der Waals surface area contributed by atoms with Gasteiger partial charge in [-0.05, 0) is 26.0 Å². The summed E-state index contributed by atoms with van der Waals surface area (Å²) in [6, 6.07) is 5.42. The number of nitrogens with two attached hydrogens (primary N) is 3. The number of nitrogens with zero attached hydrogens (tertiary/aromatic N) is 5. The van der Waals surface area contributed by atoms with Crippen LogP contribution in [0, 0.1) is 0 Å². The fourth-order valence-corrected chi connectivity index (χ4v) is 1.42. The molecule has 0 saturated carbocycles. The lowest BCUT2D eigenvalue weighted by Crippen LogP contribution is -2.48. The molecule has 0 bridgehead atoms. The van der Waals surface area contributed by atoms with Gasteiger partial charge in [-0.15, -0.1) is 5.10 Å². The van der Waals surface area contributed by atoms with E-state index in [1.165, 1.54) is 10.0 Å². The van der Waals surface area contributed by atoms with E-state index in [2.05, 4.69) is 15.1 Å². The smallest absolute Gasteiger partial charge is 0.238 e. The molecule has 8 nitrogen and oxygen atoms in total. The van der Waals surface area contributed by atoms with Crippen LogP contribution in [-0.4, -0.2) is 35.0 Å². The molecule has 8 heteroatoms. The van der Waals surface area contributed by atoms with Crippen LogP contribution in [-0.2, 0) is 0 Å². The van der Waals surface area contributed by atoms with Crippen LogP contribution < -0.4 is 22.3 Å². The molecule has 19 heavy (non-hydrogen) atoms. The maximum atomic E-state index is 6.02. The molecule has 0 radical (unpaired) electrons. The van der Waals surface area contributed by atoms with Crippen molar-refractivity contribution in [1.82, 2.24) is 9.99 Å². The predicted octanol–water partition coefficient (Wildman–Crippen LogP) is -0.352. The van der Waals surface area contributed by atoms with Crippen LogP contribution in [0.3, 0.4) is 0 Å². The molecule has 0 saturated heterocycles. The number of rotatable bonds is 4. The number of pyridine rings is 1. The molecule has 0 aliphatic rings. The number of guanidine groups is 2. The van der Waals surface area contributed by atoms with Crippen LogP contribution in [0.1, 0.15) is 13.8 Å². The molecule has 1 aromatic rings. The van der Waals surface area contributed by atoms with Gasteiger partial charge >= 0.3 is 0 Å². The summed E-state index contributed by atoms with van der Waals surface area (Å²) in [4.78, 5) is 8.47. The Bertz CT molecular complexity index is 437. The first-order chi connectivity index (χ1) is 9.10. The highest BCUT2D eigenvalue weighted by Gasteiger charge is 2.17. The van der Waals surface area contributed by atoms with Crippen molar-refractivity contribution in [3.8, 4) is 0 Å². The molecule has 1 aromatic heterocycles. The van der Waals surface area contributed by atoms with Crippen molar-refractivity contribution < 1.29 is 0 Å². The van der Waals surface area contributed by atoms with Crippen LogP contribution in [0.4, 0.5) is 5.82 Å². The van der Waals surface area contributed by atoms with Gasteiger partial charge in [-0.1, -0.05) is 6.07 Å². The quantitative estimate of drug-likeness (QED) is 0.295. The fraction of sp³-hybridized carbons (Fsp3) is 0.364. The Morgan fingerprint density at radius 1 is 1.32 bits per heavy atom. The first-order valence-corrected chi connectivity index (χ1v) is 5.97. The summed E-state index contributed by atoms with van der Waals surface area (Å²) in [7, 11) is 0. The van der Waals surface area contributed by atoms with Gasteiger partial charge in [0.25, 0.3) is 0 Å². The molecule has 0 aliphatic carbocycles. The van der Waals surface area contributed by atoms with Crippen LogP contribution in [0.25, 0.3) is 0 Å². The molecule has 0 spiro atoms. The molecule has 1 rings (SSSR count). The Labute approximate surface area is 112 Å². The Balaban J connectivity index is 3.07. The predicted molar refractivity (Wildman–Crippen MR) is 77.1 cm³/mol. The van der Waals surface area contributed by atoms with Crippen molar-refractivity contribution in [3.05, 3.63) is 24.4 Å². The lowest BCUT2D eigenvalue weighted by Gasteiger charge is -2.26. The number of hydrazine groups is 1. The second-order valence-electron chi connectivity index (χ2n) is 3.57. The van der Waals surface area contributed by atoms with Crippen LogP contribution in [0.2, 0.25) is 0 Å². The number of anilines is 1. The van der Waals surface area contributed by atoms with Gasteiger partial charge in [0.1, 0.15) is 5.82 Å². The number of aliphatic imine (C=N–C) groups is 1. The summed E-state index contributed by atoms with van der Waals surface area (Å²) in [5.74, 6) is 6.95. The lowest BCUT2D eigenvalue weighted by atomic mass is 10.4. The van der Waals surface area contributed by atoms with E-state index in [1.807, 2.05) is 26.0 Å². The topological polar surface area (TPSA) is 122 Å². The summed E-state index contributed by atoms with van der Waals surface area (Å²) in [6.07, 6.45) is 1.65. The zero-order chi connectivity index (χ0) is 14.3. The number of hydrogen-bond acceptors (Lipinski definition) is 4. The monoisotopic (exact) mass is 264 g/mol. The van der Waals surface area contributed by atoms with Crippen molar-refractivity contribution in [3.63, 3.8) is 0 Å². The average Bonchev–Trinajstić information content (AvgIpc) is 2.42. The summed E-state index contributed by atoms with van der Waals surface area (Å²) in [5.41, 5.74) is 10.8. The summed E-state index contributed by atoms with van der Waals surface area (Å²) >= 11 is 0. The maximum Gasteiger partial charge on any atom is 0.238 e. The van der Waals surface area contributed by atoms with E-state index in [-0.39, 0.29) is 5.96 Å². The molecule has 0 amide bonds. The molecule has 0 atom stereocenters. The molecular weight excluding hydrogens is 244 g/mol. The van der Waals surface area contributed by atoms with E-state index >= 15 is 0 Å². The minimum atomic E-state index is -0.0555. The Morgan fingerprint density at radius 3 is 2.53 bits per heavy atom. The first kappa shape index (κ1) is 14.7. The Morgan fingerprint density at radius 2 is 2.05 bits per heavy atom. The van der Waals surface area contributed by atoms with Crippen molar-refractivity contribution in [2.24, 2.45) is 27.4 Å². The molecule has 1 heterocycles. The lowest BCUT2D eigenvalue weighted by molar-refractivity contribution is 0.456. The maximum absolute atomic E-state index is 6.02. The molecule has 0 fully saturated rings. The van der Waals surface area contributed by atoms with Crippen molar-refractivity contribution >= 4 is 17.7 Å². The Kier molecular flexibility index (Phi) is 5.55. The van der Waals surface area contributed by atoms with E-state index in [0.29, 0.717) is 24.9 Å². The van der Waals surface area contributed by atoms with Crippen LogP contribution in [0.15, 0.2) is 34.5 Å². The van der Waals surface area contributed by atoms with Crippen molar-refractivity contribution in [1.29, 1.82) is 0 Å². The van der Waals surface area contributed by atoms with E-state index in [4.69, 9.17) is 17.3 Å². The SMILES string of the molecule is CCN=C(N(CC)N=C(N)N)N(N)c1ccccn1. The second kappa shape index (κ2) is 7.17. The second-order valence-corrected chi connectivity index (χ2v) is 3.57. The van der Waals surface area contributed by atoms with Crippen LogP contribution in [0.5, 0.6) is 0 Å². The third kappa shape index (κ3) is 4.11. The van der Waals surface area contributed by atoms with Gasteiger partial charge < -0.3 is 11.5 Å². The van der Waals surface area contributed by atoms with Crippen molar-refractivity contribution in [2.45, 2.75) is 13.8 Å². The first-order valence-electron chi connectivity index (χ1n) is 5.97. The largest absolute Gasteiger partial charge is 0.369 e. The number of hydrazone groups is 1. The van der Waals surface area contributed by atoms with Gasteiger partial charge in [-0.3, -0.25) is 4.99 Å². The highest BCUT2D eigenvalue weighted by atomic mass is 15.6. The molecule has 6 N–H and O–H groups in total. The van der Waals surface area contributed by atoms with Gasteiger partial charge in [-0.2, -0.15) is 0 Å². The summed E-state index contributed by atoms with van der Waals surface area (Å²) < 4.78 is 0. The third-order valence-electron chi connectivity index (χ3n) is 2.18. The molecule has 104 valence electrons. The van der Waals surface area contributed by atoms with Gasteiger partial charge in [0, 0.05) is 19.3 Å². The molecule has 0 aliphatic heterocycles. The van der Waals surface area contributed by atoms with Crippen molar-refractivity contribution in [2.75, 3.05) is 18.1 Å². The van der Waals surface area contributed by atoms with E-state index < -0.39 is 0 Å². The van der Waals surface area contributed by atoms with Gasteiger partial charge in [-0.25, -0.2) is 20.8 Å². The van der Waals surface area contributed by atoms with Gasteiger partial charge in [0.15, 0.2) is 0 Å². The van der Waals surface area contributed by atoms with E-state index in [1.54, 1.807) is 12.3 Å². The fourth-order valence-electron chi connectivity index (χ4n) is 1.42. The number of aromatic nitrogens is 1. The minimum absolute atomic E-state index is 0.0555. The van der Waals surface area contributed by atoms with Gasteiger partial charge in [0.05, 0.1) is 0 Å². The van der Waals surface area contributed by atoms with Gasteiger partial charge in [0.2, 0.25) is 11.9 Å². The molecule has 0 aromatic carbocycles. The zero-order valence-corrected chi connectivity index (χ0v) is 11.2. The standard InChI is InChI=1S/C11H20N8/c1-3-15-11(18(4-2)17-10(12)13)19(14)9-7-5-6-8-16-9/h5-8H,3-4,14H2,1-2H3,(H4,12,13,17). The van der Waals surface area contributed by atoms with Crippen LogP contribution >= 0.6 is 0 Å². The average molecular weight is 264 g/mol. The molecule has 0 unspecified atom stereocenters. The molecular formula is C11H20N8. The summed E-state index contributed by atoms with van der Waals surface area (Å²) in [5, 5.41) is 6.85. The summed E-state index contributed by atoms with van der Waals surface area (Å²) in [6.45, 7) is 4.86. The Hall–Kier alpha value is -2.35. The van der Waals surface area contributed by atoms with E-state index in [0.717, 1.165) is 0 Å². The number of hydrogen-bond donors (Lipinski definition) is 3. The highest BCUT2D eigenvalue weighted by molar-refractivity contribution is 5.94. The minimum Gasteiger partial charge on any atom is -0.369 e. The zero-order valence-electron chi connectivity index (χ0n) is 11.2. The third-order valence-corrected chi connectivity index (χ3v) is 2.18. The van der Waals surface area contributed by atoms with E-state index in [9.17, 15) is 0 Å².